The molecule has 3 heterocycles. The number of unbranched alkanes of at least 4 members (excludes halogenated alkanes) is 1. The number of sulfonamides is 1. The molecule has 1 aromatic carbocycles. The van der Waals surface area contributed by atoms with Crippen LogP contribution in [0.25, 0.3) is 0 Å². The zero-order valence-electron chi connectivity index (χ0n) is 17.2. The van der Waals surface area contributed by atoms with Gasteiger partial charge < -0.3 is 14.7 Å². The van der Waals surface area contributed by atoms with Gasteiger partial charge in [0.05, 0.1) is 12.3 Å². The first kappa shape index (κ1) is 20.5. The topological polar surface area (TPSA) is 70.9 Å². The normalized spacial score (nSPS) is 25.9. The second kappa shape index (κ2) is 8.50. The summed E-state index contributed by atoms with van der Waals surface area (Å²) in [6.45, 7) is 8.20. The van der Waals surface area contributed by atoms with Gasteiger partial charge in [0, 0.05) is 70.2 Å². The summed E-state index contributed by atoms with van der Waals surface area (Å²) in [7, 11) is -3.09. The van der Waals surface area contributed by atoms with Gasteiger partial charge >= 0.3 is 0 Å². The van der Waals surface area contributed by atoms with Gasteiger partial charge in [-0.1, -0.05) is 0 Å². The van der Waals surface area contributed by atoms with Crippen molar-refractivity contribution in [2.24, 2.45) is 11.8 Å². The van der Waals surface area contributed by atoms with Crippen molar-refractivity contribution in [2.45, 2.75) is 12.8 Å². The summed E-state index contributed by atoms with van der Waals surface area (Å²) < 4.78 is 24.9. The molecule has 0 saturated carbocycles. The van der Waals surface area contributed by atoms with E-state index in [1.165, 1.54) is 17.6 Å². The lowest BCUT2D eigenvalue weighted by atomic mass is 10.0. The van der Waals surface area contributed by atoms with Crippen LogP contribution in [0.4, 0.5) is 11.4 Å². The number of hydrogen-bond donors (Lipinski definition) is 0. The molecular weight excluding hydrogens is 386 g/mol. The quantitative estimate of drug-likeness (QED) is 0.653. The first-order valence-corrected chi connectivity index (χ1v) is 12.4. The van der Waals surface area contributed by atoms with Crippen molar-refractivity contribution in [1.82, 2.24) is 9.21 Å². The van der Waals surface area contributed by atoms with Gasteiger partial charge in [0.2, 0.25) is 10.0 Å². The maximum atomic E-state index is 11.7. The molecule has 0 N–H and O–H groups in total. The SMILES string of the molecule is CS(=O)(=O)N1CCN(c2ccc(N3CC4CN(CCCC#N)CC4C3)cc2)CC1. The van der Waals surface area contributed by atoms with E-state index >= 15 is 0 Å². The van der Waals surface area contributed by atoms with Crippen LogP contribution in [0.1, 0.15) is 12.8 Å². The molecule has 3 saturated heterocycles. The molecule has 0 radical (unpaired) electrons. The van der Waals surface area contributed by atoms with E-state index < -0.39 is 10.0 Å². The minimum atomic E-state index is -3.09. The molecule has 1 aromatic rings. The molecule has 0 spiro atoms. The molecule has 7 nitrogen and oxygen atoms in total. The van der Waals surface area contributed by atoms with Gasteiger partial charge in [0.25, 0.3) is 0 Å². The van der Waals surface area contributed by atoms with E-state index in [2.05, 4.69) is 45.0 Å². The van der Waals surface area contributed by atoms with E-state index in [9.17, 15) is 8.42 Å². The second-order valence-corrected chi connectivity index (χ2v) is 10.6. The number of likely N-dealkylation sites (tertiary alicyclic amines) is 1. The molecule has 2 atom stereocenters. The van der Waals surface area contributed by atoms with Crippen LogP contribution < -0.4 is 9.80 Å². The van der Waals surface area contributed by atoms with Crippen LogP contribution in [0.2, 0.25) is 0 Å². The molecule has 0 aromatic heterocycles. The summed E-state index contributed by atoms with van der Waals surface area (Å²) in [5, 5.41) is 8.70. The van der Waals surface area contributed by atoms with Crippen LogP contribution in [0.3, 0.4) is 0 Å². The summed E-state index contributed by atoms with van der Waals surface area (Å²) in [6.07, 6.45) is 2.93. The fourth-order valence-corrected chi connectivity index (χ4v) is 5.84. The van der Waals surface area contributed by atoms with Gasteiger partial charge in [-0.3, -0.25) is 0 Å². The molecule has 0 aliphatic carbocycles. The Bertz CT molecular complexity index is 829. The third-order valence-corrected chi connectivity index (χ3v) is 7.92. The zero-order valence-corrected chi connectivity index (χ0v) is 18.0. The Balaban J connectivity index is 1.29. The number of hydrogen-bond acceptors (Lipinski definition) is 6. The van der Waals surface area contributed by atoms with Crippen molar-refractivity contribution < 1.29 is 8.42 Å². The second-order valence-electron chi connectivity index (χ2n) is 8.61. The van der Waals surface area contributed by atoms with Crippen molar-refractivity contribution in [3.05, 3.63) is 24.3 Å². The first-order chi connectivity index (χ1) is 13.9. The minimum absolute atomic E-state index is 0.556. The van der Waals surface area contributed by atoms with Crippen LogP contribution >= 0.6 is 0 Å². The highest BCUT2D eigenvalue weighted by molar-refractivity contribution is 7.88. The lowest BCUT2D eigenvalue weighted by molar-refractivity contribution is 0.313. The largest absolute Gasteiger partial charge is 0.371 e. The third kappa shape index (κ3) is 4.68. The van der Waals surface area contributed by atoms with Crippen LogP contribution in [0.15, 0.2) is 24.3 Å². The zero-order chi connectivity index (χ0) is 20.4. The average Bonchev–Trinajstić information content (AvgIpc) is 3.27. The van der Waals surface area contributed by atoms with Gasteiger partial charge in [-0.15, -0.1) is 0 Å². The van der Waals surface area contributed by atoms with Gasteiger partial charge in [-0.25, -0.2) is 8.42 Å². The van der Waals surface area contributed by atoms with E-state index in [1.54, 1.807) is 4.31 Å². The molecule has 3 fully saturated rings. The summed E-state index contributed by atoms with van der Waals surface area (Å²) in [6, 6.07) is 11.0. The molecule has 4 rings (SSSR count). The highest BCUT2D eigenvalue weighted by atomic mass is 32.2. The Labute approximate surface area is 174 Å². The number of rotatable bonds is 6. The standard InChI is InChI=1S/C21H31N5O2S/c1-29(27,28)26-12-10-24(11-13-26)20-4-6-21(7-5-20)25-16-18-14-23(9-3-2-8-22)15-19(18)17-25/h4-7,18-19H,2-3,9-17H2,1H3. The van der Waals surface area contributed by atoms with Crippen LogP contribution in [-0.2, 0) is 10.0 Å². The average molecular weight is 418 g/mol. The molecule has 29 heavy (non-hydrogen) atoms. The fraction of sp³-hybridized carbons (Fsp3) is 0.667. The third-order valence-electron chi connectivity index (χ3n) is 6.61. The van der Waals surface area contributed by atoms with Crippen molar-refractivity contribution in [1.29, 1.82) is 5.26 Å². The van der Waals surface area contributed by atoms with E-state index in [4.69, 9.17) is 5.26 Å². The molecular formula is C21H31N5O2S. The predicted molar refractivity (Wildman–Crippen MR) is 116 cm³/mol. The van der Waals surface area contributed by atoms with Gasteiger partial charge in [0.15, 0.2) is 0 Å². The molecule has 0 bridgehead atoms. The molecule has 2 unspecified atom stereocenters. The molecule has 0 amide bonds. The number of benzene rings is 1. The van der Waals surface area contributed by atoms with Crippen molar-refractivity contribution in [2.75, 3.05) is 75.0 Å². The lowest BCUT2D eigenvalue weighted by Gasteiger charge is -2.35. The molecule has 8 heteroatoms. The summed E-state index contributed by atoms with van der Waals surface area (Å²) in [4.78, 5) is 7.31. The number of nitriles is 1. The highest BCUT2D eigenvalue weighted by Crippen LogP contribution is 2.34. The fourth-order valence-electron chi connectivity index (χ4n) is 5.02. The van der Waals surface area contributed by atoms with Gasteiger partial charge in [-0.05, 0) is 49.1 Å². The predicted octanol–water partition coefficient (Wildman–Crippen LogP) is 1.44. The maximum absolute atomic E-state index is 11.7. The van der Waals surface area contributed by atoms with Crippen molar-refractivity contribution in [3.63, 3.8) is 0 Å². The van der Waals surface area contributed by atoms with Gasteiger partial charge in [-0.2, -0.15) is 9.57 Å². The summed E-state index contributed by atoms with van der Waals surface area (Å²) in [5.74, 6) is 1.47. The summed E-state index contributed by atoms with van der Waals surface area (Å²) >= 11 is 0. The minimum Gasteiger partial charge on any atom is -0.371 e. The van der Waals surface area contributed by atoms with E-state index in [0.717, 1.165) is 64.1 Å². The maximum Gasteiger partial charge on any atom is 0.211 e. The van der Waals surface area contributed by atoms with E-state index in [0.29, 0.717) is 19.5 Å². The number of fused-ring (bicyclic) bond motifs is 1. The Hall–Kier alpha value is -1.82. The molecule has 158 valence electrons. The Kier molecular flexibility index (Phi) is 6.00. The summed E-state index contributed by atoms with van der Waals surface area (Å²) in [5.41, 5.74) is 2.46. The van der Waals surface area contributed by atoms with Crippen molar-refractivity contribution >= 4 is 21.4 Å². The Morgan fingerprint density at radius 2 is 1.48 bits per heavy atom. The highest BCUT2D eigenvalue weighted by Gasteiger charge is 2.39. The lowest BCUT2D eigenvalue weighted by Crippen LogP contribution is -2.48. The monoisotopic (exact) mass is 417 g/mol. The Morgan fingerprint density at radius 1 is 0.931 bits per heavy atom. The Morgan fingerprint density at radius 3 is 2.00 bits per heavy atom. The first-order valence-electron chi connectivity index (χ1n) is 10.6. The molecule has 3 aliphatic heterocycles. The van der Waals surface area contributed by atoms with Crippen LogP contribution in [0.5, 0.6) is 0 Å². The number of anilines is 2. The van der Waals surface area contributed by atoms with E-state index in [-0.39, 0.29) is 0 Å². The number of nitrogens with zero attached hydrogens (tertiary/aromatic N) is 5. The van der Waals surface area contributed by atoms with Crippen LogP contribution in [0, 0.1) is 23.2 Å². The van der Waals surface area contributed by atoms with E-state index in [1.807, 2.05) is 0 Å². The van der Waals surface area contributed by atoms with Crippen LogP contribution in [-0.4, -0.2) is 82.8 Å². The smallest absolute Gasteiger partial charge is 0.211 e. The number of piperazine rings is 1. The van der Waals surface area contributed by atoms with Crippen molar-refractivity contribution in [3.8, 4) is 6.07 Å². The molecule has 3 aliphatic rings. The van der Waals surface area contributed by atoms with Gasteiger partial charge in [0.1, 0.15) is 0 Å².